The Kier molecular flexibility index (Phi) is 8.64. The fraction of sp³-hybridized carbons (Fsp3) is 0.0278. The third-order valence-electron chi connectivity index (χ3n) is 8.64. The largest absolute Gasteiger partial charge is 0.455 e. The van der Waals surface area contributed by atoms with Crippen molar-refractivity contribution >= 4 is 64.2 Å². The summed E-state index contributed by atoms with van der Waals surface area (Å²) < 4.78 is 106. The fourth-order valence-electron chi connectivity index (χ4n) is 6.20. The average Bonchev–Trinajstić information content (AvgIpc) is 3.10. The predicted molar refractivity (Wildman–Crippen MR) is 194 cm³/mol. The lowest BCUT2D eigenvalue weighted by molar-refractivity contribution is 0.102. The van der Waals surface area contributed by atoms with E-state index in [9.17, 15) is 53.3 Å². The van der Waals surface area contributed by atoms with Gasteiger partial charge in [0.05, 0.1) is 37.0 Å². The fourth-order valence-corrected chi connectivity index (χ4v) is 7.78. The van der Waals surface area contributed by atoms with E-state index in [1.807, 2.05) is 0 Å². The molecule has 15 nitrogen and oxygen atoms in total. The van der Waals surface area contributed by atoms with Crippen molar-refractivity contribution in [1.82, 2.24) is 4.98 Å². The van der Waals surface area contributed by atoms with Crippen LogP contribution in [0.25, 0.3) is 22.0 Å². The number of nitrogens with one attached hydrogen (secondary N) is 2. The molecule has 1 heterocycles. The molecule has 1 aromatic heterocycles. The zero-order valence-electron chi connectivity index (χ0n) is 27.4. The Hall–Kier alpha value is -6.02. The van der Waals surface area contributed by atoms with E-state index in [4.69, 9.17) is 4.74 Å². The van der Waals surface area contributed by atoms with Crippen LogP contribution in [-0.2, 0) is 30.4 Å². The van der Waals surface area contributed by atoms with Gasteiger partial charge in [0, 0.05) is 33.8 Å². The van der Waals surface area contributed by atoms with Crippen LogP contribution in [0.2, 0.25) is 0 Å². The number of hydrogen-bond acceptors (Lipinski definition) is 11. The summed E-state index contributed by atoms with van der Waals surface area (Å²) in [7, 11) is -13.9. The summed E-state index contributed by atoms with van der Waals surface area (Å²) in [6.07, 6.45) is 0. The Labute approximate surface area is 306 Å². The van der Waals surface area contributed by atoms with Crippen LogP contribution in [0.4, 0.5) is 11.4 Å². The van der Waals surface area contributed by atoms with Crippen molar-refractivity contribution in [3.8, 4) is 22.6 Å². The van der Waals surface area contributed by atoms with E-state index >= 15 is 0 Å². The third kappa shape index (κ3) is 6.46. The highest BCUT2D eigenvalue weighted by Crippen LogP contribution is 2.47. The molecular formula is C36H24N2O13S3. The van der Waals surface area contributed by atoms with Crippen LogP contribution < -0.4 is 15.6 Å². The first kappa shape index (κ1) is 36.3. The van der Waals surface area contributed by atoms with Crippen molar-refractivity contribution in [3.63, 3.8) is 0 Å². The summed E-state index contributed by atoms with van der Waals surface area (Å²) in [4.78, 5) is 43.9. The number of carbonyl (C=O) groups excluding carboxylic acids is 2. The zero-order valence-corrected chi connectivity index (χ0v) is 29.8. The maximum atomic E-state index is 14.4. The maximum Gasteiger partial charge on any atom is 0.294 e. The van der Waals surface area contributed by atoms with E-state index in [1.165, 1.54) is 55.5 Å². The molecule has 0 saturated carbocycles. The van der Waals surface area contributed by atoms with Gasteiger partial charge in [0.25, 0.3) is 35.9 Å². The molecule has 54 heavy (non-hydrogen) atoms. The minimum atomic E-state index is -4.75. The molecule has 0 atom stereocenters. The quantitative estimate of drug-likeness (QED) is 0.0888. The molecule has 274 valence electrons. The van der Waals surface area contributed by atoms with Gasteiger partial charge in [-0.1, -0.05) is 36.4 Å². The molecule has 1 aliphatic carbocycles. The Balaban J connectivity index is 1.55. The van der Waals surface area contributed by atoms with Crippen molar-refractivity contribution in [2.24, 2.45) is 0 Å². The van der Waals surface area contributed by atoms with Gasteiger partial charge in [0.2, 0.25) is 0 Å². The van der Waals surface area contributed by atoms with Crippen LogP contribution in [0.5, 0.6) is 11.5 Å². The van der Waals surface area contributed by atoms with E-state index in [0.29, 0.717) is 0 Å². The highest BCUT2D eigenvalue weighted by Gasteiger charge is 2.35. The van der Waals surface area contributed by atoms with E-state index in [2.05, 4.69) is 10.3 Å². The standard InChI is InChI=1S/C36H24N2O13S3/c1-18-15-23(54(48,49)50)13-14-27(18)51-28-17-26(37-20-9-11-21(12-10-20)52(42,43)44)30-31-29(24-7-2-3-8-25(24)35(30)40)32(36(41)38-33(28)31)34(39)19-5-4-6-22(16-19)53(45,46)47/h2-17,37H,1H3,(H,38,41)(H,42,43,44)(H,45,46,47)(H,48,49,50). The van der Waals surface area contributed by atoms with E-state index in [0.717, 1.165) is 36.4 Å². The van der Waals surface area contributed by atoms with Gasteiger partial charge < -0.3 is 15.0 Å². The van der Waals surface area contributed by atoms with Crippen LogP contribution >= 0.6 is 0 Å². The van der Waals surface area contributed by atoms with Gasteiger partial charge >= 0.3 is 0 Å². The van der Waals surface area contributed by atoms with Crippen molar-refractivity contribution < 1.29 is 53.2 Å². The zero-order chi connectivity index (χ0) is 38.9. The molecule has 0 fully saturated rings. The van der Waals surface area contributed by atoms with Gasteiger partial charge in [0.15, 0.2) is 17.3 Å². The summed E-state index contributed by atoms with van der Waals surface area (Å²) in [5.74, 6) is -1.55. The van der Waals surface area contributed by atoms with Gasteiger partial charge in [-0.25, -0.2) is 0 Å². The molecule has 5 aromatic carbocycles. The van der Waals surface area contributed by atoms with Crippen LogP contribution in [0, 0.1) is 6.92 Å². The lowest BCUT2D eigenvalue weighted by Crippen LogP contribution is -2.24. The first-order valence-corrected chi connectivity index (χ1v) is 19.8. The number of ketones is 2. The summed E-state index contributed by atoms with van der Waals surface area (Å²) in [6.45, 7) is 1.49. The number of ether oxygens (including phenoxy) is 1. The Bertz CT molecular complexity index is 3030. The van der Waals surface area contributed by atoms with Crippen molar-refractivity contribution in [3.05, 3.63) is 135 Å². The lowest BCUT2D eigenvalue weighted by Gasteiger charge is -2.26. The first-order chi connectivity index (χ1) is 25.3. The van der Waals surface area contributed by atoms with Gasteiger partial charge in [-0.15, -0.1) is 0 Å². The van der Waals surface area contributed by atoms with Gasteiger partial charge in [-0.05, 0) is 72.6 Å². The lowest BCUT2D eigenvalue weighted by atomic mass is 9.80. The summed E-state index contributed by atoms with van der Waals surface area (Å²) in [5, 5.41) is 3.07. The van der Waals surface area contributed by atoms with E-state index < -0.39 is 67.7 Å². The maximum absolute atomic E-state index is 14.4. The highest BCUT2D eigenvalue weighted by atomic mass is 32.2. The Morgan fingerprint density at radius 2 is 1.28 bits per heavy atom. The van der Waals surface area contributed by atoms with Crippen LogP contribution in [-0.4, -0.2) is 55.5 Å². The number of aromatic amines is 1. The molecule has 18 heteroatoms. The molecule has 7 rings (SSSR count). The molecular weight excluding hydrogens is 765 g/mol. The normalized spacial score (nSPS) is 12.7. The molecule has 0 aliphatic heterocycles. The number of benzene rings is 5. The number of rotatable bonds is 9. The molecule has 6 aromatic rings. The number of aryl methyl sites for hydroxylation is 1. The van der Waals surface area contributed by atoms with Crippen molar-refractivity contribution in [1.29, 1.82) is 0 Å². The van der Waals surface area contributed by atoms with Crippen LogP contribution in [0.1, 0.15) is 37.4 Å². The number of fused-ring (bicyclic) bond motifs is 2. The number of carbonyl (C=O) groups is 2. The third-order valence-corrected chi connectivity index (χ3v) is 11.2. The van der Waals surface area contributed by atoms with Crippen LogP contribution in [0.3, 0.4) is 0 Å². The van der Waals surface area contributed by atoms with Crippen molar-refractivity contribution in [2.75, 3.05) is 5.32 Å². The monoisotopic (exact) mass is 788 g/mol. The molecule has 0 spiro atoms. The molecule has 0 unspecified atom stereocenters. The molecule has 0 saturated heterocycles. The van der Waals surface area contributed by atoms with Crippen LogP contribution in [0.15, 0.2) is 117 Å². The van der Waals surface area contributed by atoms with Gasteiger partial charge in [-0.3, -0.25) is 28.0 Å². The number of aromatic nitrogens is 1. The Morgan fingerprint density at radius 3 is 1.91 bits per heavy atom. The molecule has 0 bridgehead atoms. The number of H-pyrrole nitrogens is 1. The van der Waals surface area contributed by atoms with Crippen molar-refractivity contribution in [2.45, 2.75) is 21.6 Å². The van der Waals surface area contributed by atoms with E-state index in [1.54, 1.807) is 12.1 Å². The highest BCUT2D eigenvalue weighted by molar-refractivity contribution is 7.86. The topological polar surface area (TPSA) is 251 Å². The predicted octanol–water partition coefficient (Wildman–Crippen LogP) is 5.55. The summed E-state index contributed by atoms with van der Waals surface area (Å²) >= 11 is 0. The Morgan fingerprint density at radius 1 is 0.667 bits per heavy atom. The molecule has 1 aliphatic rings. The number of pyridine rings is 1. The average molecular weight is 789 g/mol. The second-order valence-corrected chi connectivity index (χ2v) is 16.4. The molecule has 0 amide bonds. The SMILES string of the molecule is Cc1cc(S(=O)(=O)O)ccc1Oc1cc(Nc2ccc(S(=O)(=O)O)cc2)c2c3c(c(C(=O)c4cccc(S(=O)(=O)O)c4)c(=O)[nH]c13)-c1ccccc1C2=O. The number of hydrogen-bond donors (Lipinski definition) is 5. The second-order valence-electron chi connectivity index (χ2n) is 12.1. The molecule has 0 radical (unpaired) electrons. The second kappa shape index (κ2) is 12.8. The number of anilines is 2. The van der Waals surface area contributed by atoms with Gasteiger partial charge in [-0.2, -0.15) is 25.3 Å². The smallest absolute Gasteiger partial charge is 0.294 e. The summed E-state index contributed by atoms with van der Waals surface area (Å²) in [5.41, 5.74) is -1.08. The first-order valence-electron chi connectivity index (χ1n) is 15.5. The molecule has 5 N–H and O–H groups in total. The summed E-state index contributed by atoms with van der Waals surface area (Å²) in [6, 6.07) is 20.2. The minimum absolute atomic E-state index is 0.0186. The van der Waals surface area contributed by atoms with Gasteiger partial charge in [0.1, 0.15) is 5.75 Å². The minimum Gasteiger partial charge on any atom is -0.455 e. The van der Waals surface area contributed by atoms with E-state index in [-0.39, 0.29) is 67.2 Å².